The number of nitrogens with one attached hydrogen (secondary N) is 2. The van der Waals surface area contributed by atoms with E-state index in [1.165, 1.54) is 24.3 Å². The van der Waals surface area contributed by atoms with Gasteiger partial charge in [0.1, 0.15) is 24.8 Å². The fourth-order valence-electron chi connectivity index (χ4n) is 5.24. The number of ether oxygens (including phenoxy) is 2. The summed E-state index contributed by atoms with van der Waals surface area (Å²) in [5, 5.41) is 5.66. The lowest BCUT2D eigenvalue weighted by Crippen LogP contribution is -2.35. The molecule has 9 heteroatoms. The molecule has 6 rings (SSSR count). The number of hydrogen-bond acceptors (Lipinski definition) is 4. The van der Waals surface area contributed by atoms with Crippen LogP contribution in [0.25, 0.3) is 0 Å². The highest BCUT2D eigenvalue weighted by atomic mass is 32.1. The normalized spacial score (nSPS) is 15.6. The van der Waals surface area contributed by atoms with Crippen LogP contribution in [0.2, 0.25) is 0 Å². The number of fused-ring (bicyclic) bond motifs is 2. The number of benzene rings is 4. The van der Waals surface area contributed by atoms with Crippen LogP contribution >= 0.6 is 13.5 Å². The van der Waals surface area contributed by atoms with Crippen molar-refractivity contribution in [2.75, 3.05) is 0 Å². The van der Waals surface area contributed by atoms with E-state index >= 15 is 0 Å². The third-order valence-electron chi connectivity index (χ3n) is 7.27. The Labute approximate surface area is 264 Å². The third kappa shape index (κ3) is 9.84. The van der Waals surface area contributed by atoms with E-state index < -0.39 is 12.2 Å². The van der Waals surface area contributed by atoms with Gasteiger partial charge in [-0.2, -0.15) is 13.5 Å². The van der Waals surface area contributed by atoms with Crippen LogP contribution in [-0.2, 0) is 48.4 Å². The maximum absolute atomic E-state index is 13.1. The van der Waals surface area contributed by atoms with E-state index in [1.807, 2.05) is 60.7 Å². The molecule has 6 nitrogen and oxygen atoms in total. The van der Waals surface area contributed by atoms with Crippen molar-refractivity contribution < 1.29 is 27.8 Å². The first-order chi connectivity index (χ1) is 20.4. The first-order valence-electron chi connectivity index (χ1n) is 13.9. The van der Waals surface area contributed by atoms with Gasteiger partial charge in [-0.15, -0.1) is 0 Å². The number of halogens is 2. The quantitative estimate of drug-likeness (QED) is 0.239. The molecule has 2 amide bonds. The van der Waals surface area contributed by atoms with Crippen molar-refractivity contribution in [3.63, 3.8) is 0 Å². The molecule has 232 valence electrons. The molecule has 4 aromatic carbocycles. The molecule has 0 aliphatic heterocycles. The van der Waals surface area contributed by atoms with Gasteiger partial charge in [0.05, 0.1) is 0 Å². The van der Waals surface area contributed by atoms with Gasteiger partial charge in [0, 0.05) is 12.1 Å². The SMILES string of the molecule is C.O=C(N[C@@H]1Cc2ccc(F)cc2C1)OCc1ccccc1.O=C(N[C@H]1Cc2ccc(F)cc2C1)OCc1ccccc1.S. The molecule has 0 unspecified atom stereocenters. The lowest BCUT2D eigenvalue weighted by atomic mass is 10.1. The van der Waals surface area contributed by atoms with Gasteiger partial charge in [0.15, 0.2) is 0 Å². The highest BCUT2D eigenvalue weighted by molar-refractivity contribution is 7.59. The molecule has 4 aromatic rings. The minimum absolute atomic E-state index is 0. The summed E-state index contributed by atoms with van der Waals surface area (Å²) >= 11 is 0. The van der Waals surface area contributed by atoms with Gasteiger partial charge in [-0.1, -0.05) is 80.2 Å². The molecular formula is C35H38F2N2O4S. The molecule has 44 heavy (non-hydrogen) atoms. The van der Waals surface area contributed by atoms with E-state index in [1.54, 1.807) is 12.1 Å². The van der Waals surface area contributed by atoms with Crippen LogP contribution in [0.1, 0.15) is 40.8 Å². The molecule has 0 radical (unpaired) electrons. The Morgan fingerprint density at radius 2 is 0.955 bits per heavy atom. The summed E-state index contributed by atoms with van der Waals surface area (Å²) in [4.78, 5) is 23.6. The van der Waals surface area contributed by atoms with E-state index in [0.717, 1.165) is 46.2 Å². The zero-order valence-corrected chi connectivity index (χ0v) is 24.5. The van der Waals surface area contributed by atoms with Gasteiger partial charge in [0.2, 0.25) is 0 Å². The number of carbonyl (C=O) groups is 2. The van der Waals surface area contributed by atoms with Crippen molar-refractivity contribution in [2.45, 2.75) is 58.4 Å². The maximum atomic E-state index is 13.1. The smallest absolute Gasteiger partial charge is 0.407 e. The largest absolute Gasteiger partial charge is 0.445 e. The van der Waals surface area contributed by atoms with Crippen LogP contribution in [0, 0.1) is 11.6 Å². The van der Waals surface area contributed by atoms with Crippen LogP contribution in [0.4, 0.5) is 18.4 Å². The van der Waals surface area contributed by atoms with Crippen molar-refractivity contribution >= 4 is 25.7 Å². The second-order valence-corrected chi connectivity index (χ2v) is 10.4. The van der Waals surface area contributed by atoms with E-state index in [-0.39, 0.29) is 57.9 Å². The molecule has 0 aromatic heterocycles. The Bertz CT molecular complexity index is 1410. The van der Waals surface area contributed by atoms with Crippen molar-refractivity contribution in [1.29, 1.82) is 0 Å². The zero-order valence-electron chi connectivity index (χ0n) is 23.5. The first-order valence-corrected chi connectivity index (χ1v) is 13.9. The maximum Gasteiger partial charge on any atom is 0.407 e. The van der Waals surface area contributed by atoms with Crippen LogP contribution in [-0.4, -0.2) is 24.3 Å². The minimum Gasteiger partial charge on any atom is -0.445 e. The van der Waals surface area contributed by atoms with Crippen molar-refractivity contribution in [3.05, 3.63) is 142 Å². The standard InChI is InChI=1S/2C17H16FNO2.CH4.H2S/c2*18-15-7-6-13-9-16(10-14(13)8-15)19-17(20)21-11-12-4-2-1-3-5-12;;/h2*1-8,16H,9-11H2,(H,19,20);1H4;1H2/t2*16-;;/m10../s1. The molecular weight excluding hydrogens is 582 g/mol. The lowest BCUT2D eigenvalue weighted by Gasteiger charge is -2.12. The van der Waals surface area contributed by atoms with Gasteiger partial charge in [-0.25, -0.2) is 18.4 Å². The summed E-state index contributed by atoms with van der Waals surface area (Å²) < 4.78 is 36.7. The molecule has 2 aliphatic carbocycles. The molecule has 0 bridgehead atoms. The zero-order chi connectivity index (χ0) is 29.3. The highest BCUT2D eigenvalue weighted by Gasteiger charge is 2.24. The molecule has 0 fully saturated rings. The van der Waals surface area contributed by atoms with Gasteiger partial charge in [-0.3, -0.25) is 0 Å². The van der Waals surface area contributed by atoms with Crippen molar-refractivity contribution in [2.24, 2.45) is 0 Å². The van der Waals surface area contributed by atoms with E-state index in [0.29, 0.717) is 12.8 Å². The van der Waals surface area contributed by atoms with Crippen LogP contribution in [0.15, 0.2) is 97.1 Å². The predicted molar refractivity (Wildman–Crippen MR) is 172 cm³/mol. The van der Waals surface area contributed by atoms with E-state index in [2.05, 4.69) is 10.6 Å². The van der Waals surface area contributed by atoms with Gasteiger partial charge < -0.3 is 20.1 Å². The first kappa shape index (κ1) is 34.1. The second kappa shape index (κ2) is 16.5. The Hall–Kier alpha value is -4.37. The summed E-state index contributed by atoms with van der Waals surface area (Å²) in [7, 11) is 0. The molecule has 2 atom stereocenters. The summed E-state index contributed by atoms with van der Waals surface area (Å²) in [6.07, 6.45) is 1.86. The Balaban J connectivity index is 0.000000230. The Kier molecular flexibility index (Phi) is 12.8. The molecule has 0 heterocycles. The highest BCUT2D eigenvalue weighted by Crippen LogP contribution is 2.24. The van der Waals surface area contributed by atoms with Gasteiger partial charge >= 0.3 is 12.2 Å². The van der Waals surface area contributed by atoms with E-state index in [4.69, 9.17) is 9.47 Å². The molecule has 0 saturated carbocycles. The van der Waals surface area contributed by atoms with Gasteiger partial charge in [-0.05, 0) is 83.3 Å². The van der Waals surface area contributed by atoms with Gasteiger partial charge in [0.25, 0.3) is 0 Å². The number of hydrogen-bond donors (Lipinski definition) is 2. The molecule has 0 spiro atoms. The summed E-state index contributed by atoms with van der Waals surface area (Å²) in [6, 6.07) is 28.5. The van der Waals surface area contributed by atoms with Crippen LogP contribution < -0.4 is 10.6 Å². The topological polar surface area (TPSA) is 76.7 Å². The van der Waals surface area contributed by atoms with Crippen LogP contribution in [0.3, 0.4) is 0 Å². The van der Waals surface area contributed by atoms with E-state index in [9.17, 15) is 18.4 Å². The average Bonchev–Trinajstić information content (AvgIpc) is 3.58. The number of carbonyl (C=O) groups excluding carboxylic acids is 2. The van der Waals surface area contributed by atoms with Crippen molar-refractivity contribution in [1.82, 2.24) is 10.6 Å². The Morgan fingerprint density at radius 1 is 0.591 bits per heavy atom. The fourth-order valence-corrected chi connectivity index (χ4v) is 5.24. The molecule has 0 saturated heterocycles. The minimum atomic E-state index is -0.433. The summed E-state index contributed by atoms with van der Waals surface area (Å²) in [5.41, 5.74) is 6.00. The lowest BCUT2D eigenvalue weighted by molar-refractivity contribution is 0.135. The third-order valence-corrected chi connectivity index (χ3v) is 7.27. The number of rotatable bonds is 6. The summed E-state index contributed by atoms with van der Waals surface area (Å²) in [6.45, 7) is 0.502. The van der Waals surface area contributed by atoms with Crippen molar-refractivity contribution in [3.8, 4) is 0 Å². The number of alkyl carbamates (subject to hydrolysis) is 2. The fraction of sp³-hybridized carbons (Fsp3) is 0.257. The molecule has 2 aliphatic rings. The summed E-state index contributed by atoms with van der Waals surface area (Å²) in [5.74, 6) is -0.470. The number of amides is 2. The second-order valence-electron chi connectivity index (χ2n) is 10.4. The average molecular weight is 621 g/mol. The van der Waals surface area contributed by atoms with Crippen LogP contribution in [0.5, 0.6) is 0 Å². The monoisotopic (exact) mass is 620 g/mol. The Morgan fingerprint density at radius 3 is 1.34 bits per heavy atom. The predicted octanol–water partition coefficient (Wildman–Crippen LogP) is 7.19. The molecule has 2 N–H and O–H groups in total.